The first-order valence-electron chi connectivity index (χ1n) is 3.36. The van der Waals surface area contributed by atoms with Crippen molar-refractivity contribution in [3.05, 3.63) is 30.7 Å². The number of carbonyl (C=O) groups excluding carboxylic acids is 1. The van der Waals surface area contributed by atoms with E-state index in [9.17, 15) is 4.79 Å². The Balaban J connectivity index is 2.68. The van der Waals surface area contributed by atoms with Crippen LogP contribution >= 0.6 is 11.5 Å². The van der Waals surface area contributed by atoms with Gasteiger partial charge in [-0.1, -0.05) is 4.49 Å². The fourth-order valence-electron chi connectivity index (χ4n) is 0.955. The summed E-state index contributed by atoms with van der Waals surface area (Å²) in [5.74, 6) is -0.190. The van der Waals surface area contributed by atoms with Gasteiger partial charge in [0.25, 0.3) is 0 Å². The third-order valence-electron chi connectivity index (χ3n) is 1.57. The number of rotatable bonds is 1. The first-order chi connectivity index (χ1) is 5.77. The molecule has 1 radical (unpaired) electrons. The van der Waals surface area contributed by atoms with Crippen LogP contribution in [0, 0.1) is 6.92 Å². The topological polar surface area (TPSA) is 42.9 Å². The van der Waals surface area contributed by atoms with Crippen LogP contribution in [-0.2, 0) is 0 Å². The zero-order chi connectivity index (χ0) is 8.55. The molecule has 1 heterocycles. The van der Waals surface area contributed by atoms with Gasteiger partial charge in [-0.15, -0.1) is 5.10 Å². The van der Waals surface area contributed by atoms with Gasteiger partial charge in [0, 0.05) is 12.5 Å². The first kappa shape index (κ1) is 7.36. The van der Waals surface area contributed by atoms with E-state index in [0.717, 1.165) is 10.2 Å². The summed E-state index contributed by atoms with van der Waals surface area (Å²) in [6, 6.07) is 5.27. The van der Waals surface area contributed by atoms with E-state index in [2.05, 4.69) is 16.5 Å². The molecule has 12 heavy (non-hydrogen) atoms. The number of hydrogen-bond acceptors (Lipinski definition) is 4. The Labute approximate surface area is 73.2 Å². The lowest BCUT2D eigenvalue weighted by atomic mass is 10.1. The second-order valence-corrected chi connectivity index (χ2v) is 3.16. The quantitative estimate of drug-likeness (QED) is 0.623. The van der Waals surface area contributed by atoms with Crippen LogP contribution in [0.3, 0.4) is 0 Å². The van der Waals surface area contributed by atoms with Gasteiger partial charge < -0.3 is 0 Å². The summed E-state index contributed by atoms with van der Waals surface area (Å²) >= 11 is 1.31. The molecule has 0 aliphatic rings. The Hall–Kier alpha value is -1.29. The van der Waals surface area contributed by atoms with Crippen molar-refractivity contribution in [2.45, 2.75) is 0 Å². The molecule has 1 aromatic heterocycles. The second-order valence-electron chi connectivity index (χ2n) is 2.38. The molecule has 2 rings (SSSR count). The molecule has 0 amide bonds. The molecule has 0 atom stereocenters. The highest BCUT2D eigenvalue weighted by Gasteiger charge is 2.02. The van der Waals surface area contributed by atoms with Crippen molar-refractivity contribution in [3.63, 3.8) is 0 Å². The first-order valence-corrected chi connectivity index (χ1v) is 4.13. The van der Waals surface area contributed by atoms with E-state index in [0.29, 0.717) is 5.56 Å². The monoisotopic (exact) mass is 177 g/mol. The lowest BCUT2D eigenvalue weighted by Gasteiger charge is -1.92. The van der Waals surface area contributed by atoms with Gasteiger partial charge in [0.15, 0.2) is 5.78 Å². The minimum absolute atomic E-state index is 0.190. The third-order valence-corrected chi connectivity index (χ3v) is 2.27. The Bertz CT molecular complexity index is 435. The number of Topliss-reactive ketones (excluding diaryl/α,β-unsaturated/α-hetero) is 1. The molecule has 1 aromatic carbocycles. The lowest BCUT2D eigenvalue weighted by molar-refractivity contribution is 0.104. The Kier molecular flexibility index (Phi) is 1.62. The van der Waals surface area contributed by atoms with E-state index in [-0.39, 0.29) is 5.78 Å². The molecular formula is C8H5N2OS. The molecule has 3 nitrogen and oxygen atoms in total. The number of fused-ring (bicyclic) bond motifs is 1. The number of ketones is 1. The molecule has 0 aliphatic heterocycles. The number of nitrogens with zero attached hydrogens (tertiary/aromatic N) is 2. The van der Waals surface area contributed by atoms with E-state index in [1.54, 1.807) is 12.1 Å². The summed E-state index contributed by atoms with van der Waals surface area (Å²) in [5, 5.41) is 3.85. The highest BCUT2D eigenvalue weighted by molar-refractivity contribution is 7.12. The van der Waals surface area contributed by atoms with E-state index >= 15 is 0 Å². The molecule has 0 aliphatic carbocycles. The van der Waals surface area contributed by atoms with Crippen molar-refractivity contribution < 1.29 is 4.79 Å². The van der Waals surface area contributed by atoms with Crippen molar-refractivity contribution in [2.75, 3.05) is 0 Å². The summed E-state index contributed by atoms with van der Waals surface area (Å²) in [7, 11) is 0. The van der Waals surface area contributed by atoms with Crippen LogP contribution in [0.1, 0.15) is 10.4 Å². The molecule has 4 heteroatoms. The highest BCUT2D eigenvalue weighted by atomic mass is 32.1. The predicted molar refractivity (Wildman–Crippen MR) is 47.1 cm³/mol. The minimum Gasteiger partial charge on any atom is -0.294 e. The van der Waals surface area contributed by atoms with E-state index < -0.39 is 0 Å². The number of benzene rings is 1. The minimum atomic E-state index is -0.190. The Morgan fingerprint density at radius 2 is 2.33 bits per heavy atom. The smallest absolute Gasteiger partial charge is 0.163 e. The molecule has 2 aromatic rings. The van der Waals surface area contributed by atoms with Crippen molar-refractivity contribution in [1.29, 1.82) is 0 Å². The van der Waals surface area contributed by atoms with Crippen molar-refractivity contribution in [3.8, 4) is 0 Å². The second kappa shape index (κ2) is 2.64. The zero-order valence-electron chi connectivity index (χ0n) is 6.15. The average molecular weight is 177 g/mol. The Morgan fingerprint density at radius 1 is 1.50 bits per heavy atom. The van der Waals surface area contributed by atoms with Gasteiger partial charge in [-0.25, -0.2) is 0 Å². The van der Waals surface area contributed by atoms with Crippen LogP contribution < -0.4 is 0 Å². The van der Waals surface area contributed by atoms with Crippen LogP contribution in [0.15, 0.2) is 18.2 Å². The molecule has 0 fully saturated rings. The molecule has 0 spiro atoms. The maximum absolute atomic E-state index is 10.9. The van der Waals surface area contributed by atoms with Crippen molar-refractivity contribution >= 4 is 27.5 Å². The third kappa shape index (κ3) is 1.10. The number of aromatic nitrogens is 2. The molecule has 0 saturated heterocycles. The van der Waals surface area contributed by atoms with Gasteiger partial charge in [0.1, 0.15) is 5.52 Å². The molecule has 0 N–H and O–H groups in total. The number of carbonyl (C=O) groups is 1. The maximum Gasteiger partial charge on any atom is 0.163 e. The number of hydrogen-bond donors (Lipinski definition) is 0. The van der Waals surface area contributed by atoms with Gasteiger partial charge in [0.05, 0.1) is 4.70 Å². The summed E-state index contributed by atoms with van der Waals surface area (Å²) in [5.41, 5.74) is 1.34. The molecule has 0 saturated carbocycles. The highest BCUT2D eigenvalue weighted by Crippen LogP contribution is 2.16. The van der Waals surface area contributed by atoms with Crippen molar-refractivity contribution in [1.82, 2.24) is 9.59 Å². The Morgan fingerprint density at radius 3 is 3.08 bits per heavy atom. The normalized spacial score (nSPS) is 10.4. The zero-order valence-corrected chi connectivity index (χ0v) is 6.97. The van der Waals surface area contributed by atoms with Gasteiger partial charge in [-0.3, -0.25) is 4.79 Å². The van der Waals surface area contributed by atoms with E-state index in [1.165, 1.54) is 11.5 Å². The van der Waals surface area contributed by atoms with Gasteiger partial charge in [-0.2, -0.15) is 0 Å². The largest absolute Gasteiger partial charge is 0.294 e. The summed E-state index contributed by atoms with van der Waals surface area (Å²) in [4.78, 5) is 10.9. The summed E-state index contributed by atoms with van der Waals surface area (Å²) < 4.78 is 4.75. The molecule has 59 valence electrons. The van der Waals surface area contributed by atoms with E-state index in [1.807, 2.05) is 6.07 Å². The average Bonchev–Trinajstić information content (AvgIpc) is 2.49. The molecule has 0 bridgehead atoms. The van der Waals surface area contributed by atoms with Gasteiger partial charge in [-0.05, 0) is 29.7 Å². The van der Waals surface area contributed by atoms with Crippen LogP contribution in [0.5, 0.6) is 0 Å². The van der Waals surface area contributed by atoms with Crippen LogP contribution in [0.25, 0.3) is 10.2 Å². The van der Waals surface area contributed by atoms with Gasteiger partial charge >= 0.3 is 0 Å². The van der Waals surface area contributed by atoms with Gasteiger partial charge in [0.2, 0.25) is 0 Å². The van der Waals surface area contributed by atoms with Crippen LogP contribution in [0.2, 0.25) is 0 Å². The van der Waals surface area contributed by atoms with Crippen molar-refractivity contribution in [2.24, 2.45) is 0 Å². The summed E-state index contributed by atoms with van der Waals surface area (Å²) in [6.45, 7) is 3.32. The summed E-state index contributed by atoms with van der Waals surface area (Å²) in [6.07, 6.45) is 0. The maximum atomic E-state index is 10.9. The van der Waals surface area contributed by atoms with Crippen LogP contribution in [-0.4, -0.2) is 15.4 Å². The standard InChI is InChI=1S/C8H5N2OS/c1-5(11)6-2-3-8-7(4-6)9-10-12-8/h2-4H,1H2. The fraction of sp³-hybridized carbons (Fsp3) is 0. The van der Waals surface area contributed by atoms with Crippen LogP contribution in [0.4, 0.5) is 0 Å². The lowest BCUT2D eigenvalue weighted by Crippen LogP contribution is -1.90. The van der Waals surface area contributed by atoms with E-state index in [4.69, 9.17) is 0 Å². The SMILES string of the molecule is [CH2]C(=O)c1ccc2snnc2c1. The molecule has 0 unspecified atom stereocenters. The molecular weight excluding hydrogens is 172 g/mol. The predicted octanol–water partition coefficient (Wildman–Crippen LogP) is 1.71. The fourth-order valence-corrected chi connectivity index (χ4v) is 1.49.